The van der Waals surface area contributed by atoms with Crippen LogP contribution in [0, 0.1) is 20.6 Å². The van der Waals surface area contributed by atoms with Gasteiger partial charge in [-0.15, -0.1) is 0 Å². The summed E-state index contributed by atoms with van der Waals surface area (Å²) in [5.74, 6) is -0.365. The van der Waals surface area contributed by atoms with E-state index < -0.39 is 4.92 Å². The predicted molar refractivity (Wildman–Crippen MR) is 96.9 cm³/mol. The molecule has 0 radical (unpaired) electrons. The van der Waals surface area contributed by atoms with Crippen molar-refractivity contribution in [2.45, 2.75) is 13.5 Å². The van der Waals surface area contributed by atoms with Crippen molar-refractivity contribution in [1.29, 1.82) is 0 Å². The number of nitro benzene ring substituents is 1. The lowest BCUT2D eigenvalue weighted by molar-refractivity contribution is -0.384. The number of rotatable bonds is 4. The molecule has 0 atom stereocenters. The van der Waals surface area contributed by atoms with Crippen LogP contribution in [0.2, 0.25) is 0 Å². The smallest absolute Gasteiger partial charge is 0.270 e. The minimum Gasteiger partial charge on any atom is -0.346 e. The molecule has 2 heterocycles. The molecule has 2 aromatic heterocycles. The Morgan fingerprint density at radius 1 is 1.38 bits per heavy atom. The Bertz CT molecular complexity index is 952. The van der Waals surface area contributed by atoms with Crippen molar-refractivity contribution in [2.75, 3.05) is 0 Å². The van der Waals surface area contributed by atoms with Gasteiger partial charge in [0, 0.05) is 28.1 Å². The summed E-state index contributed by atoms with van der Waals surface area (Å²) in [5.41, 5.74) is 2.81. The van der Waals surface area contributed by atoms with E-state index in [-0.39, 0.29) is 23.7 Å². The summed E-state index contributed by atoms with van der Waals surface area (Å²) < 4.78 is 2.53. The number of halogens is 1. The standard InChI is InChI=1S/C16H13IN4O3/c1-10-4-5-20-9-11(19-15(20)6-10)8-18-16(22)13-7-12(21(23)24)2-3-14(13)17/h2-7,9H,8H2,1H3,(H,18,22). The van der Waals surface area contributed by atoms with Crippen LogP contribution in [0.5, 0.6) is 0 Å². The van der Waals surface area contributed by atoms with Gasteiger partial charge in [0.2, 0.25) is 0 Å². The molecule has 0 spiro atoms. The lowest BCUT2D eigenvalue weighted by atomic mass is 10.2. The number of carbonyl (C=O) groups is 1. The van der Waals surface area contributed by atoms with Crippen LogP contribution in [0.3, 0.4) is 0 Å². The van der Waals surface area contributed by atoms with E-state index in [1.54, 1.807) is 6.07 Å². The summed E-state index contributed by atoms with van der Waals surface area (Å²) in [5, 5.41) is 13.6. The number of nitro groups is 1. The zero-order valence-electron chi connectivity index (χ0n) is 12.7. The first kappa shape index (κ1) is 16.4. The average Bonchev–Trinajstić information content (AvgIpc) is 2.94. The van der Waals surface area contributed by atoms with Crippen LogP contribution in [0.15, 0.2) is 42.7 Å². The van der Waals surface area contributed by atoms with Crippen molar-refractivity contribution >= 4 is 39.8 Å². The fourth-order valence-electron chi connectivity index (χ4n) is 2.29. The lowest BCUT2D eigenvalue weighted by Gasteiger charge is -2.05. The summed E-state index contributed by atoms with van der Waals surface area (Å²) in [6, 6.07) is 8.14. The number of carbonyl (C=O) groups excluding carboxylic acids is 1. The van der Waals surface area contributed by atoms with Crippen molar-refractivity contribution in [2.24, 2.45) is 0 Å². The van der Waals surface area contributed by atoms with Crippen molar-refractivity contribution in [3.63, 3.8) is 0 Å². The number of non-ortho nitro benzene ring substituents is 1. The molecule has 1 amide bonds. The van der Waals surface area contributed by atoms with Gasteiger partial charge < -0.3 is 9.72 Å². The molecule has 1 N–H and O–H groups in total. The zero-order chi connectivity index (χ0) is 17.3. The molecule has 0 unspecified atom stereocenters. The van der Waals surface area contributed by atoms with Crippen LogP contribution in [-0.4, -0.2) is 20.2 Å². The third-order valence-electron chi connectivity index (χ3n) is 3.50. The maximum absolute atomic E-state index is 12.3. The van der Waals surface area contributed by atoms with Gasteiger partial charge in [0.05, 0.1) is 22.7 Å². The van der Waals surface area contributed by atoms with Crippen molar-refractivity contribution in [3.8, 4) is 0 Å². The van der Waals surface area contributed by atoms with E-state index in [4.69, 9.17) is 0 Å². The molecule has 1 aromatic carbocycles. The number of imidazole rings is 1. The molecule has 24 heavy (non-hydrogen) atoms. The van der Waals surface area contributed by atoms with Crippen LogP contribution in [-0.2, 0) is 6.54 Å². The molecule has 8 heteroatoms. The highest BCUT2D eigenvalue weighted by molar-refractivity contribution is 14.1. The summed E-state index contributed by atoms with van der Waals surface area (Å²) in [6.45, 7) is 2.23. The molecular weight excluding hydrogens is 423 g/mol. The maximum atomic E-state index is 12.3. The van der Waals surface area contributed by atoms with Gasteiger partial charge in [0.25, 0.3) is 11.6 Å². The lowest BCUT2D eigenvalue weighted by Crippen LogP contribution is -2.24. The number of amides is 1. The molecule has 0 saturated carbocycles. The number of nitrogens with one attached hydrogen (secondary N) is 1. The second-order valence-corrected chi connectivity index (χ2v) is 6.47. The second kappa shape index (κ2) is 6.56. The van der Waals surface area contributed by atoms with Crippen molar-refractivity contribution < 1.29 is 9.72 Å². The number of hydrogen-bond acceptors (Lipinski definition) is 4. The molecule has 0 aliphatic rings. The first-order valence-corrected chi connectivity index (χ1v) is 8.18. The van der Waals surface area contributed by atoms with E-state index >= 15 is 0 Å². The quantitative estimate of drug-likeness (QED) is 0.387. The summed E-state index contributed by atoms with van der Waals surface area (Å²) in [6.07, 6.45) is 3.75. The monoisotopic (exact) mass is 436 g/mol. The number of aryl methyl sites for hydroxylation is 1. The van der Waals surface area contributed by atoms with Gasteiger partial charge in [-0.25, -0.2) is 4.98 Å². The number of pyridine rings is 1. The molecule has 7 nitrogen and oxygen atoms in total. The van der Waals surface area contributed by atoms with E-state index in [0.29, 0.717) is 3.57 Å². The fraction of sp³-hybridized carbons (Fsp3) is 0.125. The molecule has 0 aliphatic heterocycles. The largest absolute Gasteiger partial charge is 0.346 e. The highest BCUT2D eigenvalue weighted by atomic mass is 127. The van der Waals surface area contributed by atoms with E-state index in [2.05, 4.69) is 10.3 Å². The van der Waals surface area contributed by atoms with Gasteiger partial charge in [0.15, 0.2) is 0 Å². The van der Waals surface area contributed by atoms with E-state index in [1.165, 1.54) is 12.1 Å². The fourth-order valence-corrected chi connectivity index (χ4v) is 2.87. The molecular formula is C16H13IN4O3. The van der Waals surface area contributed by atoms with Gasteiger partial charge in [-0.2, -0.15) is 0 Å². The number of benzene rings is 1. The molecule has 0 saturated heterocycles. The van der Waals surface area contributed by atoms with Gasteiger partial charge in [-0.05, 0) is 53.3 Å². The van der Waals surface area contributed by atoms with Gasteiger partial charge in [0.1, 0.15) is 5.65 Å². The SMILES string of the molecule is Cc1ccn2cc(CNC(=O)c3cc([N+](=O)[O-])ccc3I)nc2c1. The molecule has 0 fully saturated rings. The summed E-state index contributed by atoms with van der Waals surface area (Å²) in [4.78, 5) is 27.1. The Morgan fingerprint density at radius 2 is 2.17 bits per heavy atom. The van der Waals surface area contributed by atoms with Gasteiger partial charge >= 0.3 is 0 Å². The van der Waals surface area contributed by atoms with Crippen LogP contribution < -0.4 is 5.32 Å². The molecule has 3 aromatic rings. The van der Waals surface area contributed by atoms with Crippen LogP contribution in [0.25, 0.3) is 5.65 Å². The van der Waals surface area contributed by atoms with Gasteiger partial charge in [-0.1, -0.05) is 0 Å². The van der Waals surface area contributed by atoms with Gasteiger partial charge in [-0.3, -0.25) is 14.9 Å². The number of nitrogens with zero attached hydrogens (tertiary/aromatic N) is 3. The predicted octanol–water partition coefficient (Wildman–Crippen LogP) is 3.09. The number of hydrogen-bond donors (Lipinski definition) is 1. The second-order valence-electron chi connectivity index (χ2n) is 5.31. The third-order valence-corrected chi connectivity index (χ3v) is 4.44. The topological polar surface area (TPSA) is 89.5 Å². The Labute approximate surface area is 151 Å². The number of fused-ring (bicyclic) bond motifs is 1. The Morgan fingerprint density at radius 3 is 2.92 bits per heavy atom. The molecule has 3 rings (SSSR count). The van der Waals surface area contributed by atoms with E-state index in [1.807, 2.05) is 58.4 Å². The summed E-state index contributed by atoms with van der Waals surface area (Å²) in [7, 11) is 0. The Hall–Kier alpha value is -2.49. The molecule has 0 aliphatic carbocycles. The molecule has 122 valence electrons. The van der Waals surface area contributed by atoms with Crippen molar-refractivity contribution in [1.82, 2.24) is 14.7 Å². The Balaban J connectivity index is 1.77. The van der Waals surface area contributed by atoms with E-state index in [0.717, 1.165) is 16.9 Å². The summed E-state index contributed by atoms with van der Waals surface area (Å²) >= 11 is 1.98. The Kier molecular flexibility index (Phi) is 4.47. The number of aromatic nitrogens is 2. The first-order chi connectivity index (χ1) is 11.4. The zero-order valence-corrected chi connectivity index (χ0v) is 14.9. The highest BCUT2D eigenvalue weighted by Gasteiger charge is 2.15. The van der Waals surface area contributed by atoms with Crippen LogP contribution in [0.1, 0.15) is 21.6 Å². The normalized spacial score (nSPS) is 10.8. The van der Waals surface area contributed by atoms with Crippen LogP contribution >= 0.6 is 22.6 Å². The van der Waals surface area contributed by atoms with Crippen molar-refractivity contribution in [3.05, 3.63) is 73.2 Å². The average molecular weight is 436 g/mol. The molecule has 0 bridgehead atoms. The maximum Gasteiger partial charge on any atom is 0.270 e. The third kappa shape index (κ3) is 3.37. The minimum atomic E-state index is -0.517. The van der Waals surface area contributed by atoms with Crippen LogP contribution in [0.4, 0.5) is 5.69 Å². The van der Waals surface area contributed by atoms with E-state index in [9.17, 15) is 14.9 Å². The first-order valence-electron chi connectivity index (χ1n) is 7.10. The minimum absolute atomic E-state index is 0.108. The highest BCUT2D eigenvalue weighted by Crippen LogP contribution is 2.19.